The molecule has 0 spiro atoms. The van der Waals surface area contributed by atoms with Gasteiger partial charge in [0.25, 0.3) is 0 Å². The van der Waals surface area contributed by atoms with Crippen LogP contribution >= 0.6 is 0 Å². The van der Waals surface area contributed by atoms with Crippen molar-refractivity contribution in [1.82, 2.24) is 4.90 Å². The van der Waals surface area contributed by atoms with Gasteiger partial charge in [-0.1, -0.05) is 36.3 Å². The van der Waals surface area contributed by atoms with Gasteiger partial charge in [0.05, 0.1) is 11.5 Å². The number of benzene rings is 1. The Kier molecular flexibility index (Phi) is 4.15. The maximum absolute atomic E-state index is 12.9. The van der Waals surface area contributed by atoms with Gasteiger partial charge in [-0.2, -0.15) is 0 Å². The van der Waals surface area contributed by atoms with Crippen molar-refractivity contribution in [2.75, 3.05) is 13.1 Å². The molecule has 1 aromatic carbocycles. The lowest BCUT2D eigenvalue weighted by molar-refractivity contribution is -0.134. The summed E-state index contributed by atoms with van der Waals surface area (Å²) in [6.45, 7) is 5.42. The molecular weight excluding hydrogens is 248 g/mol. The van der Waals surface area contributed by atoms with Crippen LogP contribution in [0.1, 0.15) is 25.8 Å². The maximum atomic E-state index is 12.9. The lowest BCUT2D eigenvalue weighted by atomic mass is 9.89. The van der Waals surface area contributed by atoms with Crippen LogP contribution in [0.3, 0.4) is 0 Å². The first-order valence-electron chi connectivity index (χ1n) is 7.18. The summed E-state index contributed by atoms with van der Waals surface area (Å²) in [6.07, 6.45) is 6.20. The van der Waals surface area contributed by atoms with Gasteiger partial charge in [-0.3, -0.25) is 4.79 Å². The molecule has 0 radical (unpaired) electrons. The van der Waals surface area contributed by atoms with Gasteiger partial charge in [-0.25, -0.2) is 0 Å². The molecule has 1 saturated carbocycles. The Morgan fingerprint density at radius 2 is 2.05 bits per heavy atom. The minimum Gasteiger partial charge on any atom is -0.342 e. The molecule has 1 aromatic rings. The lowest BCUT2D eigenvalue weighted by Crippen LogP contribution is -2.42. The summed E-state index contributed by atoms with van der Waals surface area (Å²) in [7, 11) is 0. The van der Waals surface area contributed by atoms with Crippen LogP contribution in [0, 0.1) is 18.3 Å². The quantitative estimate of drug-likeness (QED) is 0.829. The molecule has 2 rings (SSSR count). The van der Waals surface area contributed by atoms with E-state index in [0.717, 1.165) is 12.0 Å². The molecule has 1 aliphatic carbocycles. The maximum Gasteiger partial charge on any atom is 0.233 e. The van der Waals surface area contributed by atoms with Gasteiger partial charge in [0.15, 0.2) is 0 Å². The topological polar surface area (TPSA) is 46.3 Å². The highest BCUT2D eigenvalue weighted by molar-refractivity contribution is 5.92. The third-order valence-electron chi connectivity index (χ3n) is 4.36. The van der Waals surface area contributed by atoms with Crippen molar-refractivity contribution in [3.8, 4) is 12.3 Å². The molecule has 1 amide bonds. The number of nitrogens with zero attached hydrogens (tertiary/aromatic N) is 1. The van der Waals surface area contributed by atoms with Crippen LogP contribution in [0.4, 0.5) is 0 Å². The van der Waals surface area contributed by atoms with E-state index in [9.17, 15) is 4.79 Å². The van der Waals surface area contributed by atoms with Crippen LogP contribution in [0.2, 0.25) is 0 Å². The average Bonchev–Trinajstić information content (AvgIpc) is 3.25. The fraction of sp³-hybridized carbons (Fsp3) is 0.471. The van der Waals surface area contributed by atoms with E-state index in [4.69, 9.17) is 12.2 Å². The van der Waals surface area contributed by atoms with E-state index < -0.39 is 5.41 Å². The first kappa shape index (κ1) is 14.6. The number of carbonyl (C=O) groups is 1. The largest absolute Gasteiger partial charge is 0.342 e. The van der Waals surface area contributed by atoms with Gasteiger partial charge in [0, 0.05) is 19.0 Å². The Balaban J connectivity index is 2.39. The molecule has 3 heteroatoms. The Hall–Kier alpha value is -1.79. The predicted molar refractivity (Wildman–Crippen MR) is 81.0 cm³/mol. The smallest absolute Gasteiger partial charge is 0.233 e. The summed E-state index contributed by atoms with van der Waals surface area (Å²) in [6, 6.07) is 9.52. The SMILES string of the molecule is C#C[C@H](N)[C@@H]1C[C@@]1(C(=O)N(CC)CC)c1ccccc1. The molecule has 1 fully saturated rings. The van der Waals surface area contributed by atoms with Crippen molar-refractivity contribution >= 4 is 5.91 Å². The second kappa shape index (κ2) is 5.68. The number of amides is 1. The molecule has 1 aliphatic rings. The number of nitrogens with two attached hydrogens (primary N) is 1. The first-order valence-corrected chi connectivity index (χ1v) is 7.18. The van der Waals surface area contributed by atoms with Crippen molar-refractivity contribution in [3.05, 3.63) is 35.9 Å². The predicted octanol–water partition coefficient (Wildman–Crippen LogP) is 1.77. The lowest BCUT2D eigenvalue weighted by Gasteiger charge is -2.27. The van der Waals surface area contributed by atoms with Crippen molar-refractivity contribution < 1.29 is 4.79 Å². The first-order chi connectivity index (χ1) is 9.61. The molecule has 0 aromatic heterocycles. The summed E-state index contributed by atoms with van der Waals surface area (Å²) in [4.78, 5) is 14.8. The zero-order valence-electron chi connectivity index (χ0n) is 12.2. The van der Waals surface area contributed by atoms with Crippen molar-refractivity contribution in [1.29, 1.82) is 0 Å². The molecule has 2 N–H and O–H groups in total. The van der Waals surface area contributed by atoms with Crippen LogP contribution in [-0.2, 0) is 10.2 Å². The van der Waals surface area contributed by atoms with Gasteiger partial charge in [-0.05, 0) is 25.8 Å². The van der Waals surface area contributed by atoms with Gasteiger partial charge in [0.2, 0.25) is 5.91 Å². The number of rotatable bonds is 5. The Morgan fingerprint density at radius 3 is 2.55 bits per heavy atom. The molecule has 20 heavy (non-hydrogen) atoms. The van der Waals surface area contributed by atoms with Crippen molar-refractivity contribution in [2.24, 2.45) is 11.7 Å². The Labute approximate surface area is 121 Å². The van der Waals surface area contributed by atoms with E-state index in [0.29, 0.717) is 13.1 Å². The number of likely N-dealkylation sites (N-methyl/N-ethyl adjacent to an activating group) is 1. The molecule has 0 bridgehead atoms. The van der Waals surface area contributed by atoms with E-state index >= 15 is 0 Å². The van der Waals surface area contributed by atoms with Crippen LogP contribution in [0.5, 0.6) is 0 Å². The standard InChI is InChI=1S/C17H22N2O/c1-4-15(18)14-12-17(14,13-10-8-7-9-11-13)16(20)19(5-2)6-3/h1,7-11,14-15H,5-6,12,18H2,2-3H3/t14-,15-,17+/m0/s1. The van der Waals surface area contributed by atoms with E-state index in [2.05, 4.69) is 5.92 Å². The van der Waals surface area contributed by atoms with E-state index in [1.54, 1.807) is 0 Å². The molecule has 3 atom stereocenters. The average molecular weight is 270 g/mol. The second-order valence-corrected chi connectivity index (χ2v) is 5.32. The van der Waals surface area contributed by atoms with Crippen molar-refractivity contribution in [2.45, 2.75) is 31.7 Å². The highest BCUT2D eigenvalue weighted by Crippen LogP contribution is 2.56. The van der Waals surface area contributed by atoms with Crippen LogP contribution in [0.15, 0.2) is 30.3 Å². The summed E-state index contributed by atoms with van der Waals surface area (Å²) in [5, 5.41) is 0. The summed E-state index contributed by atoms with van der Waals surface area (Å²) >= 11 is 0. The molecule has 0 heterocycles. The third-order valence-corrected chi connectivity index (χ3v) is 4.36. The van der Waals surface area contributed by atoms with Crippen LogP contribution in [-0.4, -0.2) is 29.9 Å². The monoisotopic (exact) mass is 270 g/mol. The summed E-state index contributed by atoms with van der Waals surface area (Å²) in [5.41, 5.74) is 6.53. The summed E-state index contributed by atoms with van der Waals surface area (Å²) in [5.74, 6) is 2.79. The second-order valence-electron chi connectivity index (χ2n) is 5.32. The molecule has 0 unspecified atom stereocenters. The molecule has 0 aliphatic heterocycles. The van der Waals surface area contributed by atoms with Crippen molar-refractivity contribution in [3.63, 3.8) is 0 Å². The van der Waals surface area contributed by atoms with Gasteiger partial charge >= 0.3 is 0 Å². The molecule has 3 nitrogen and oxygen atoms in total. The third kappa shape index (κ3) is 2.21. The summed E-state index contributed by atoms with van der Waals surface area (Å²) < 4.78 is 0. The zero-order valence-corrected chi connectivity index (χ0v) is 12.2. The Morgan fingerprint density at radius 1 is 1.45 bits per heavy atom. The van der Waals surface area contributed by atoms with Gasteiger partial charge < -0.3 is 10.6 Å². The highest BCUT2D eigenvalue weighted by Gasteiger charge is 2.63. The number of hydrogen-bond acceptors (Lipinski definition) is 2. The molecule has 0 saturated heterocycles. The fourth-order valence-corrected chi connectivity index (χ4v) is 3.07. The minimum absolute atomic E-state index is 0.0444. The number of hydrogen-bond donors (Lipinski definition) is 1. The van der Waals surface area contributed by atoms with E-state index in [1.165, 1.54) is 0 Å². The highest BCUT2D eigenvalue weighted by atomic mass is 16.2. The normalized spacial score (nSPS) is 25.6. The van der Waals surface area contributed by atoms with Crippen LogP contribution < -0.4 is 5.73 Å². The molecule has 106 valence electrons. The minimum atomic E-state index is -0.515. The van der Waals surface area contributed by atoms with Crippen LogP contribution in [0.25, 0.3) is 0 Å². The fourth-order valence-electron chi connectivity index (χ4n) is 3.07. The van der Waals surface area contributed by atoms with Gasteiger partial charge in [-0.15, -0.1) is 6.42 Å². The van der Waals surface area contributed by atoms with Gasteiger partial charge in [0.1, 0.15) is 0 Å². The number of terminal acetylenes is 1. The van der Waals surface area contributed by atoms with E-state index in [1.807, 2.05) is 49.1 Å². The number of carbonyl (C=O) groups excluding carboxylic acids is 1. The molecular formula is C17H22N2O. The Bertz CT molecular complexity index is 516. The zero-order chi connectivity index (χ0) is 14.8. The van der Waals surface area contributed by atoms with E-state index in [-0.39, 0.29) is 17.9 Å².